The smallest absolute Gasteiger partial charge is 0.258 e. The summed E-state index contributed by atoms with van der Waals surface area (Å²) in [6, 6.07) is 15.0. The maximum atomic E-state index is 12.9. The van der Waals surface area contributed by atoms with Crippen LogP contribution in [0.4, 0.5) is 11.4 Å². The molecule has 0 atom stereocenters. The lowest BCUT2D eigenvalue weighted by molar-refractivity contribution is -0.116. The number of amides is 2. The first kappa shape index (κ1) is 17.8. The number of anilines is 2. The van der Waals surface area contributed by atoms with Gasteiger partial charge in [0.15, 0.2) is 0 Å². The molecule has 0 radical (unpaired) electrons. The third-order valence-electron chi connectivity index (χ3n) is 3.91. The molecule has 25 heavy (non-hydrogen) atoms. The molecular weight excluding hydrogens is 356 g/mol. The van der Waals surface area contributed by atoms with E-state index in [4.69, 9.17) is 11.6 Å². The monoisotopic (exact) mass is 374 g/mol. The van der Waals surface area contributed by atoms with E-state index in [2.05, 4.69) is 5.32 Å². The van der Waals surface area contributed by atoms with E-state index in [1.54, 1.807) is 16.7 Å². The van der Waals surface area contributed by atoms with E-state index in [-0.39, 0.29) is 11.8 Å². The number of fused-ring (bicyclic) bond motifs is 1. The van der Waals surface area contributed by atoms with E-state index in [0.717, 1.165) is 16.3 Å². The zero-order valence-electron chi connectivity index (χ0n) is 13.7. The van der Waals surface area contributed by atoms with Crippen molar-refractivity contribution in [3.05, 3.63) is 54.1 Å². The van der Waals surface area contributed by atoms with Gasteiger partial charge in [0.2, 0.25) is 5.91 Å². The summed E-state index contributed by atoms with van der Waals surface area (Å²) in [5, 5.41) is 2.88. The number of thioether (sulfide) groups is 1. The zero-order chi connectivity index (χ0) is 17.6. The van der Waals surface area contributed by atoms with Gasteiger partial charge >= 0.3 is 0 Å². The van der Waals surface area contributed by atoms with Gasteiger partial charge in [0.1, 0.15) is 0 Å². The van der Waals surface area contributed by atoms with Gasteiger partial charge in [-0.1, -0.05) is 18.2 Å². The molecule has 3 rings (SSSR count). The van der Waals surface area contributed by atoms with Crippen molar-refractivity contribution in [2.45, 2.75) is 17.7 Å². The first-order valence-electron chi connectivity index (χ1n) is 8.18. The molecule has 0 aromatic heterocycles. The van der Waals surface area contributed by atoms with Crippen LogP contribution in [0.15, 0.2) is 53.4 Å². The Morgan fingerprint density at radius 3 is 2.72 bits per heavy atom. The average Bonchev–Trinajstić information content (AvgIpc) is 2.66. The van der Waals surface area contributed by atoms with Gasteiger partial charge in [0, 0.05) is 40.7 Å². The number of hydrogen-bond donors (Lipinski definition) is 1. The maximum Gasteiger partial charge on any atom is 0.258 e. The quantitative estimate of drug-likeness (QED) is 0.789. The zero-order valence-corrected chi connectivity index (χ0v) is 15.3. The Bertz CT molecular complexity index is 767. The molecule has 0 saturated heterocycles. The second-order valence-electron chi connectivity index (χ2n) is 5.69. The fourth-order valence-electron chi connectivity index (χ4n) is 2.69. The number of nitrogens with one attached hydrogen (secondary N) is 1. The summed E-state index contributed by atoms with van der Waals surface area (Å²) < 4.78 is 0. The number of alkyl halides is 1. The number of rotatable bonds is 5. The normalized spacial score (nSPS) is 13.2. The average molecular weight is 375 g/mol. The molecule has 1 aliphatic heterocycles. The predicted molar refractivity (Wildman–Crippen MR) is 104 cm³/mol. The van der Waals surface area contributed by atoms with Crippen molar-refractivity contribution in [2.24, 2.45) is 0 Å². The molecule has 4 nitrogen and oxygen atoms in total. The van der Waals surface area contributed by atoms with Gasteiger partial charge in [-0.3, -0.25) is 9.59 Å². The van der Waals surface area contributed by atoms with Crippen molar-refractivity contribution >= 4 is 46.6 Å². The van der Waals surface area contributed by atoms with Crippen LogP contribution in [0.3, 0.4) is 0 Å². The van der Waals surface area contributed by atoms with Crippen molar-refractivity contribution in [1.29, 1.82) is 0 Å². The highest BCUT2D eigenvalue weighted by Crippen LogP contribution is 2.37. The van der Waals surface area contributed by atoms with E-state index >= 15 is 0 Å². The summed E-state index contributed by atoms with van der Waals surface area (Å²) in [4.78, 5) is 27.6. The van der Waals surface area contributed by atoms with Gasteiger partial charge in [0.25, 0.3) is 5.91 Å². The number of benzene rings is 2. The van der Waals surface area contributed by atoms with Crippen LogP contribution in [-0.4, -0.2) is 30.0 Å². The standard InChI is InChI=1S/C19H19ClN2O2S/c20-10-4-7-18(23)21-15-8-9-17-16(13-15)22(11-12-25-17)19(24)14-5-2-1-3-6-14/h1-3,5-6,8-9,13H,4,7,10-12H2,(H,21,23). The first-order chi connectivity index (χ1) is 12.2. The van der Waals surface area contributed by atoms with Gasteiger partial charge in [-0.15, -0.1) is 23.4 Å². The lowest BCUT2D eigenvalue weighted by atomic mass is 10.1. The minimum absolute atomic E-state index is 0.0206. The van der Waals surface area contributed by atoms with E-state index in [9.17, 15) is 9.59 Å². The van der Waals surface area contributed by atoms with Gasteiger partial charge in [0.05, 0.1) is 5.69 Å². The van der Waals surface area contributed by atoms with Crippen LogP contribution in [0.5, 0.6) is 0 Å². The van der Waals surface area contributed by atoms with E-state index < -0.39 is 0 Å². The minimum Gasteiger partial charge on any atom is -0.326 e. The third kappa shape index (κ3) is 4.35. The third-order valence-corrected chi connectivity index (χ3v) is 5.22. The largest absolute Gasteiger partial charge is 0.326 e. The minimum atomic E-state index is -0.0648. The number of halogens is 1. The van der Waals surface area contributed by atoms with Crippen LogP contribution < -0.4 is 10.2 Å². The van der Waals surface area contributed by atoms with Crippen molar-refractivity contribution < 1.29 is 9.59 Å². The van der Waals surface area contributed by atoms with Gasteiger partial charge in [-0.2, -0.15) is 0 Å². The second-order valence-corrected chi connectivity index (χ2v) is 7.21. The molecule has 0 spiro atoms. The van der Waals surface area contributed by atoms with Crippen LogP contribution in [0, 0.1) is 0 Å². The first-order valence-corrected chi connectivity index (χ1v) is 9.70. The van der Waals surface area contributed by atoms with Crippen LogP contribution in [-0.2, 0) is 4.79 Å². The highest BCUT2D eigenvalue weighted by atomic mass is 35.5. The van der Waals surface area contributed by atoms with Crippen molar-refractivity contribution in [3.63, 3.8) is 0 Å². The fourth-order valence-corrected chi connectivity index (χ4v) is 3.80. The molecule has 0 fully saturated rings. The van der Waals surface area contributed by atoms with Gasteiger partial charge < -0.3 is 10.2 Å². The molecule has 1 N–H and O–H groups in total. The topological polar surface area (TPSA) is 49.4 Å². The molecule has 130 valence electrons. The maximum absolute atomic E-state index is 12.9. The fraction of sp³-hybridized carbons (Fsp3) is 0.263. The summed E-state index contributed by atoms with van der Waals surface area (Å²) in [5.41, 5.74) is 2.21. The Labute approximate surface area is 156 Å². The Morgan fingerprint density at radius 2 is 1.96 bits per heavy atom. The summed E-state index contributed by atoms with van der Waals surface area (Å²) in [6.45, 7) is 0.648. The lowest BCUT2D eigenvalue weighted by Gasteiger charge is -2.29. The number of hydrogen-bond acceptors (Lipinski definition) is 3. The molecule has 6 heteroatoms. The molecule has 1 heterocycles. The van der Waals surface area contributed by atoms with Crippen molar-refractivity contribution in [1.82, 2.24) is 0 Å². The van der Waals surface area contributed by atoms with Crippen LogP contribution in [0.1, 0.15) is 23.2 Å². The second kappa shape index (κ2) is 8.41. The summed E-state index contributed by atoms with van der Waals surface area (Å²) in [6.07, 6.45) is 1.04. The molecule has 2 aromatic carbocycles. The number of carbonyl (C=O) groups is 2. The van der Waals surface area contributed by atoms with Crippen LogP contribution in [0.25, 0.3) is 0 Å². The van der Waals surface area contributed by atoms with Gasteiger partial charge in [-0.25, -0.2) is 0 Å². The van der Waals surface area contributed by atoms with Crippen LogP contribution >= 0.6 is 23.4 Å². The summed E-state index contributed by atoms with van der Waals surface area (Å²) >= 11 is 7.35. The number of carbonyl (C=O) groups excluding carboxylic acids is 2. The predicted octanol–water partition coefficient (Wildman–Crippen LogP) is 4.40. The Kier molecular flexibility index (Phi) is 6.00. The molecule has 0 saturated carbocycles. The summed E-state index contributed by atoms with van der Waals surface area (Å²) in [7, 11) is 0. The Morgan fingerprint density at radius 1 is 1.16 bits per heavy atom. The highest BCUT2D eigenvalue weighted by molar-refractivity contribution is 7.99. The van der Waals surface area contributed by atoms with Crippen molar-refractivity contribution in [3.8, 4) is 0 Å². The molecule has 0 aliphatic carbocycles. The molecule has 0 unspecified atom stereocenters. The van der Waals surface area contributed by atoms with E-state index in [0.29, 0.717) is 36.5 Å². The molecule has 2 aromatic rings. The van der Waals surface area contributed by atoms with E-state index in [1.165, 1.54) is 0 Å². The summed E-state index contributed by atoms with van der Waals surface area (Å²) in [5.74, 6) is 1.23. The van der Waals surface area contributed by atoms with Gasteiger partial charge in [-0.05, 0) is 36.8 Å². The number of nitrogens with zero attached hydrogens (tertiary/aromatic N) is 1. The SMILES string of the molecule is O=C(CCCCl)Nc1ccc2c(c1)N(C(=O)c1ccccc1)CCS2. The Hall–Kier alpha value is -1.98. The van der Waals surface area contributed by atoms with Crippen LogP contribution in [0.2, 0.25) is 0 Å². The molecular formula is C19H19ClN2O2S. The molecule has 0 bridgehead atoms. The lowest BCUT2D eigenvalue weighted by Crippen LogP contribution is -2.35. The molecule has 2 amide bonds. The molecule has 1 aliphatic rings. The van der Waals surface area contributed by atoms with Crippen molar-refractivity contribution in [2.75, 3.05) is 28.4 Å². The Balaban J connectivity index is 1.83. The highest BCUT2D eigenvalue weighted by Gasteiger charge is 2.24. The van der Waals surface area contributed by atoms with E-state index in [1.807, 2.05) is 48.5 Å².